The minimum absolute atomic E-state index is 0.0378. The van der Waals surface area contributed by atoms with Crippen molar-refractivity contribution in [2.45, 2.75) is 49.3 Å². The number of fused-ring (bicyclic) bond motifs is 5. The van der Waals surface area contributed by atoms with Crippen LogP contribution >= 0.6 is 15.4 Å². The molecule has 4 aromatic rings. The molecule has 4 unspecified atom stereocenters. The number of aromatic amines is 1. The Hall–Kier alpha value is -3.44. The van der Waals surface area contributed by atoms with Crippen LogP contribution in [0.5, 0.6) is 0 Å². The molecule has 0 aromatic carbocycles. The van der Waals surface area contributed by atoms with Crippen molar-refractivity contribution in [1.82, 2.24) is 39.0 Å². The van der Waals surface area contributed by atoms with Crippen LogP contribution in [0, 0.1) is 0 Å². The summed E-state index contributed by atoms with van der Waals surface area (Å²) in [7, 11) is -9.92. The number of aliphatic hydroxyl groups excluding tert-OH is 2. The number of nitrogens with one attached hydrogen (secondary N) is 1. The van der Waals surface area contributed by atoms with Crippen molar-refractivity contribution in [1.29, 1.82) is 0 Å². The van der Waals surface area contributed by atoms with E-state index >= 15 is 0 Å². The zero-order valence-electron chi connectivity index (χ0n) is 22.4. The van der Waals surface area contributed by atoms with Crippen molar-refractivity contribution in [3.63, 3.8) is 0 Å². The molecule has 0 saturated carbocycles. The molecular formula is C20H24N10O13P2. The smallest absolute Gasteiger partial charge is 0.386 e. The van der Waals surface area contributed by atoms with Gasteiger partial charge in [0.2, 0.25) is 5.95 Å². The summed E-state index contributed by atoms with van der Waals surface area (Å²) in [5.41, 5.74) is 10.8. The lowest BCUT2D eigenvalue weighted by Crippen LogP contribution is -2.36. The zero-order chi connectivity index (χ0) is 31.8. The van der Waals surface area contributed by atoms with Gasteiger partial charge < -0.3 is 45.7 Å². The lowest BCUT2D eigenvalue weighted by atomic mass is 10.1. The molecule has 23 nitrogen and oxygen atoms in total. The Morgan fingerprint density at radius 2 is 1.64 bits per heavy atom. The number of rotatable bonds is 2. The topological polar surface area (TPSA) is 330 Å². The average Bonchev–Trinajstić information content (AvgIpc) is 3.72. The molecule has 242 valence electrons. The SMILES string of the molecule is Nc1nc2c(ncn2[C@@H]2O[C@@H]3OCP(=O)(O)OC4[C@@H](O)[C@H](n5cnc6c(N)ncnc65)O[C@@H]4COP(=O)(O)O[C@H]2C3O)c(=O)[nH]1. The molecule has 9 N–H and O–H groups in total. The van der Waals surface area contributed by atoms with Crippen LogP contribution in [0.15, 0.2) is 23.8 Å². The molecule has 0 spiro atoms. The Kier molecular flexibility index (Phi) is 7.27. The van der Waals surface area contributed by atoms with Gasteiger partial charge in [0.05, 0.1) is 19.3 Å². The van der Waals surface area contributed by atoms with Crippen LogP contribution < -0.4 is 17.0 Å². The Bertz CT molecular complexity index is 1940. The first-order valence-corrected chi connectivity index (χ1v) is 16.2. The summed E-state index contributed by atoms with van der Waals surface area (Å²) in [6.45, 7) is -0.824. The quantitative estimate of drug-likeness (QED) is 0.109. The number of imidazole rings is 2. The minimum atomic E-state index is -5.13. The van der Waals surface area contributed by atoms with Crippen LogP contribution in [-0.4, -0.2) is 109 Å². The van der Waals surface area contributed by atoms with Gasteiger partial charge in [-0.25, -0.2) is 24.5 Å². The monoisotopic (exact) mass is 674 g/mol. The molecule has 2 bridgehead atoms. The maximum absolute atomic E-state index is 13.2. The van der Waals surface area contributed by atoms with Crippen molar-refractivity contribution >= 4 is 49.5 Å². The fourth-order valence-corrected chi connectivity index (χ4v) is 7.20. The van der Waals surface area contributed by atoms with E-state index in [-0.39, 0.29) is 34.1 Å². The maximum atomic E-state index is 13.2. The molecule has 3 fully saturated rings. The largest absolute Gasteiger partial charge is 0.472 e. The number of aromatic nitrogens is 8. The second kappa shape index (κ2) is 10.8. The number of nitrogens with zero attached hydrogens (tertiary/aromatic N) is 7. The number of H-pyrrole nitrogens is 1. The predicted octanol–water partition coefficient (Wildman–Crippen LogP) is -2.34. The molecule has 0 aliphatic carbocycles. The number of phosphoric ester groups is 1. The number of anilines is 2. The van der Waals surface area contributed by atoms with Crippen molar-refractivity contribution in [2.24, 2.45) is 0 Å². The molecule has 25 heteroatoms. The molecule has 0 amide bonds. The Morgan fingerprint density at radius 3 is 2.42 bits per heavy atom. The van der Waals surface area contributed by atoms with Crippen LogP contribution in [0.25, 0.3) is 22.3 Å². The van der Waals surface area contributed by atoms with E-state index in [2.05, 4.69) is 29.9 Å². The van der Waals surface area contributed by atoms with Gasteiger partial charge in [0.1, 0.15) is 42.4 Å². The van der Waals surface area contributed by atoms with E-state index in [0.29, 0.717) is 0 Å². The molecule has 10 atom stereocenters. The van der Waals surface area contributed by atoms with Crippen molar-refractivity contribution in [2.75, 3.05) is 24.4 Å². The fraction of sp³-hybridized carbons (Fsp3) is 0.500. The second-order valence-electron chi connectivity index (χ2n) is 10.1. The molecule has 0 radical (unpaired) electrons. The Balaban J connectivity index is 1.21. The molecule has 3 aliphatic rings. The van der Waals surface area contributed by atoms with Crippen molar-refractivity contribution < 1.29 is 56.9 Å². The van der Waals surface area contributed by atoms with Gasteiger partial charge in [0.25, 0.3) is 5.56 Å². The Morgan fingerprint density at radius 1 is 0.911 bits per heavy atom. The normalized spacial score (nSPS) is 37.7. The summed E-state index contributed by atoms with van der Waals surface area (Å²) >= 11 is 0. The summed E-state index contributed by atoms with van der Waals surface area (Å²) < 4.78 is 61.4. The van der Waals surface area contributed by atoms with E-state index in [1.165, 1.54) is 10.9 Å². The van der Waals surface area contributed by atoms with E-state index in [1.807, 2.05) is 0 Å². The number of ether oxygens (including phenoxy) is 3. The van der Waals surface area contributed by atoms with Crippen LogP contribution in [0.4, 0.5) is 11.8 Å². The van der Waals surface area contributed by atoms with Gasteiger partial charge in [-0.1, -0.05) is 0 Å². The van der Waals surface area contributed by atoms with Crippen LogP contribution in [0.2, 0.25) is 0 Å². The van der Waals surface area contributed by atoms with Gasteiger partial charge >= 0.3 is 15.4 Å². The molecule has 3 aliphatic heterocycles. The van der Waals surface area contributed by atoms with Gasteiger partial charge in [0, 0.05) is 0 Å². The third-order valence-electron chi connectivity index (χ3n) is 7.21. The number of phosphoric acid groups is 1. The lowest BCUT2D eigenvalue weighted by molar-refractivity contribution is -0.168. The molecule has 7 heterocycles. The summed E-state index contributed by atoms with van der Waals surface area (Å²) in [4.78, 5) is 55.9. The van der Waals surface area contributed by atoms with Crippen LogP contribution in [0.3, 0.4) is 0 Å². The number of nitrogens with two attached hydrogens (primary N) is 2. The first-order valence-electron chi connectivity index (χ1n) is 12.9. The number of hydrogen-bond donors (Lipinski definition) is 7. The molecule has 3 saturated heterocycles. The van der Waals surface area contributed by atoms with E-state index < -0.39 is 83.2 Å². The standard InChI is InChI=1S/C20H24N10O13P2/c21-13-7-14(24-2-23-13)29(3-25-7)17-9(31)11-6(40-17)1-39-45(36,37)43-12-10(32)19(38-5-44(34,35)42-11)41-18(12)30-4-26-8-15(30)27-20(22)28-16(8)33/h2-4,6,9-12,17-19,31-32H,1,5H2,(H,34,35)(H,36,37)(H2,21,23,24)(H3,22,27,28,33)/t6-,9-,10?,11?,12+,17-,18-,19+/m1/s1. The van der Waals surface area contributed by atoms with Crippen molar-refractivity contribution in [3.8, 4) is 0 Å². The van der Waals surface area contributed by atoms with Gasteiger partial charge in [-0.3, -0.25) is 37.0 Å². The highest BCUT2D eigenvalue weighted by atomic mass is 31.2. The second-order valence-corrected chi connectivity index (χ2v) is 13.3. The summed E-state index contributed by atoms with van der Waals surface area (Å²) in [6, 6.07) is 0. The lowest BCUT2D eigenvalue weighted by Gasteiger charge is -2.25. The van der Waals surface area contributed by atoms with Gasteiger partial charge in [-0.15, -0.1) is 0 Å². The van der Waals surface area contributed by atoms with E-state index in [1.54, 1.807) is 0 Å². The molecule has 45 heavy (non-hydrogen) atoms. The third kappa shape index (κ3) is 5.31. The average molecular weight is 674 g/mol. The van der Waals surface area contributed by atoms with Crippen molar-refractivity contribution in [3.05, 3.63) is 29.3 Å². The summed E-state index contributed by atoms with van der Waals surface area (Å²) in [5.74, 6) is -0.253. The summed E-state index contributed by atoms with van der Waals surface area (Å²) in [6.07, 6.45) is -10.7. The van der Waals surface area contributed by atoms with Gasteiger partial charge in [-0.2, -0.15) is 4.98 Å². The highest BCUT2D eigenvalue weighted by Crippen LogP contribution is 2.53. The third-order valence-corrected chi connectivity index (χ3v) is 9.24. The highest BCUT2D eigenvalue weighted by molar-refractivity contribution is 7.52. The highest BCUT2D eigenvalue weighted by Gasteiger charge is 2.54. The van der Waals surface area contributed by atoms with E-state index in [4.69, 9.17) is 39.2 Å². The molecular weight excluding hydrogens is 650 g/mol. The zero-order valence-corrected chi connectivity index (χ0v) is 24.2. The first kappa shape index (κ1) is 30.2. The predicted molar refractivity (Wildman–Crippen MR) is 143 cm³/mol. The number of aliphatic hydroxyl groups is 2. The fourth-order valence-electron chi connectivity index (χ4n) is 5.23. The van der Waals surface area contributed by atoms with E-state index in [0.717, 1.165) is 17.2 Å². The Labute approximate surface area is 248 Å². The van der Waals surface area contributed by atoms with Crippen LogP contribution in [-0.2, 0) is 36.9 Å². The molecule has 4 aromatic heterocycles. The van der Waals surface area contributed by atoms with Gasteiger partial charge in [-0.05, 0) is 0 Å². The number of hydrogen-bond acceptors (Lipinski definition) is 18. The first-order chi connectivity index (χ1) is 21.3. The van der Waals surface area contributed by atoms with Crippen LogP contribution in [0.1, 0.15) is 12.5 Å². The minimum Gasteiger partial charge on any atom is -0.386 e. The number of nitrogen functional groups attached to an aromatic ring is 2. The van der Waals surface area contributed by atoms with Gasteiger partial charge in [0.15, 0.2) is 47.7 Å². The maximum Gasteiger partial charge on any atom is 0.472 e. The molecule has 7 rings (SSSR count). The van der Waals surface area contributed by atoms with E-state index in [9.17, 15) is 33.9 Å². The summed E-state index contributed by atoms with van der Waals surface area (Å²) in [5, 5.41) is 22.1.